The smallest absolute Gasteiger partial charge is 0.170 e. The number of methoxy groups -OCH3 is 1. The van der Waals surface area contributed by atoms with Crippen LogP contribution in [0.4, 0.5) is 0 Å². The van der Waals surface area contributed by atoms with Gasteiger partial charge in [0, 0.05) is 5.56 Å². The number of ether oxygens (including phenoxy) is 2. The lowest BCUT2D eigenvalue weighted by molar-refractivity contribution is 0.304. The quantitative estimate of drug-likeness (QED) is 0.301. The summed E-state index contributed by atoms with van der Waals surface area (Å²) in [6.45, 7) is 0.349. The van der Waals surface area contributed by atoms with Gasteiger partial charge < -0.3 is 20.4 Å². The first-order chi connectivity index (χ1) is 12.2. The van der Waals surface area contributed by atoms with Gasteiger partial charge in [-0.25, -0.2) is 0 Å². The van der Waals surface area contributed by atoms with Crippen molar-refractivity contribution in [3.05, 3.63) is 59.9 Å². The average molecular weight is 340 g/mol. The Kier molecular flexibility index (Phi) is 4.74. The molecule has 0 bridgehead atoms. The molecule has 0 radical (unpaired) electrons. The van der Waals surface area contributed by atoms with Gasteiger partial charge in [0.1, 0.15) is 30.1 Å². The van der Waals surface area contributed by atoms with Crippen molar-refractivity contribution in [3.8, 4) is 17.2 Å². The summed E-state index contributed by atoms with van der Waals surface area (Å²) < 4.78 is 12.5. The zero-order valence-corrected chi connectivity index (χ0v) is 13.4. The Hall–Kier alpha value is -3.62. The zero-order valence-electron chi connectivity index (χ0n) is 13.4. The molecule has 0 aliphatic carbocycles. The summed E-state index contributed by atoms with van der Waals surface area (Å²) in [4.78, 5) is 0. The van der Waals surface area contributed by atoms with Crippen molar-refractivity contribution in [1.29, 1.82) is 0 Å². The number of nitrogens with zero attached hydrogens (tertiary/aromatic N) is 5. The Morgan fingerprint density at radius 1 is 1.24 bits per heavy atom. The maximum atomic E-state index is 8.85. The summed E-state index contributed by atoms with van der Waals surface area (Å²) in [5.41, 5.74) is 7.71. The molecule has 1 heterocycles. The standard InChI is InChI=1S/C16H16N6O3/c1-24-13-5-2-11(3-6-13)9-25-15-7-4-12(16(17)19-23)8-14(15)22-10-18-20-21-22/h2-8,10,23H,9H2,1H3,(H2,17,19). The SMILES string of the molecule is COc1ccc(COc2ccc(C(N)=NO)cc2-n2cnnn2)cc1. The van der Waals surface area contributed by atoms with Crippen LogP contribution in [0.3, 0.4) is 0 Å². The van der Waals surface area contributed by atoms with Crippen LogP contribution in [0.15, 0.2) is 53.9 Å². The summed E-state index contributed by atoms with van der Waals surface area (Å²) in [6, 6.07) is 12.6. The molecule has 0 atom stereocenters. The van der Waals surface area contributed by atoms with Gasteiger partial charge in [-0.1, -0.05) is 17.3 Å². The van der Waals surface area contributed by atoms with Crippen molar-refractivity contribution in [2.45, 2.75) is 6.61 Å². The van der Waals surface area contributed by atoms with E-state index in [-0.39, 0.29) is 5.84 Å². The predicted octanol–water partition coefficient (Wildman–Crippen LogP) is 1.34. The molecular formula is C16H16N6O3. The second-order valence-corrected chi connectivity index (χ2v) is 5.06. The van der Waals surface area contributed by atoms with E-state index in [1.54, 1.807) is 25.3 Å². The van der Waals surface area contributed by atoms with E-state index in [1.807, 2.05) is 24.3 Å². The summed E-state index contributed by atoms with van der Waals surface area (Å²) in [5, 5.41) is 23.0. The van der Waals surface area contributed by atoms with E-state index < -0.39 is 0 Å². The van der Waals surface area contributed by atoms with Crippen LogP contribution in [-0.2, 0) is 6.61 Å². The second kappa shape index (κ2) is 7.30. The van der Waals surface area contributed by atoms with E-state index >= 15 is 0 Å². The molecule has 0 fully saturated rings. The number of benzene rings is 2. The number of oxime groups is 1. The van der Waals surface area contributed by atoms with E-state index in [4.69, 9.17) is 20.4 Å². The molecule has 1 aromatic heterocycles. The summed E-state index contributed by atoms with van der Waals surface area (Å²) in [6.07, 6.45) is 1.44. The molecule has 3 rings (SSSR count). The van der Waals surface area contributed by atoms with Crippen molar-refractivity contribution in [2.75, 3.05) is 7.11 Å². The highest BCUT2D eigenvalue weighted by Gasteiger charge is 2.11. The third-order valence-electron chi connectivity index (χ3n) is 3.51. The first kappa shape index (κ1) is 16.2. The average Bonchev–Trinajstić information content (AvgIpc) is 3.20. The van der Waals surface area contributed by atoms with Gasteiger partial charge in [0.25, 0.3) is 0 Å². The Morgan fingerprint density at radius 2 is 2.04 bits per heavy atom. The highest BCUT2D eigenvalue weighted by Crippen LogP contribution is 2.25. The van der Waals surface area contributed by atoms with E-state index in [0.29, 0.717) is 23.6 Å². The van der Waals surface area contributed by atoms with Crippen LogP contribution in [-0.4, -0.2) is 38.4 Å². The first-order valence-corrected chi connectivity index (χ1v) is 7.32. The monoisotopic (exact) mass is 340 g/mol. The van der Waals surface area contributed by atoms with Crippen molar-refractivity contribution in [2.24, 2.45) is 10.9 Å². The van der Waals surface area contributed by atoms with Gasteiger partial charge in [0.15, 0.2) is 5.84 Å². The lowest BCUT2D eigenvalue weighted by Crippen LogP contribution is -2.14. The maximum Gasteiger partial charge on any atom is 0.170 e. The van der Waals surface area contributed by atoms with Gasteiger partial charge in [-0.05, 0) is 46.3 Å². The Balaban J connectivity index is 1.86. The van der Waals surface area contributed by atoms with Gasteiger partial charge >= 0.3 is 0 Å². The number of tetrazole rings is 1. The van der Waals surface area contributed by atoms with E-state index in [0.717, 1.165) is 11.3 Å². The molecule has 3 N–H and O–H groups in total. The number of hydrogen-bond donors (Lipinski definition) is 2. The molecule has 9 nitrogen and oxygen atoms in total. The lowest BCUT2D eigenvalue weighted by atomic mass is 10.1. The van der Waals surface area contributed by atoms with Gasteiger partial charge in [-0.3, -0.25) is 0 Å². The van der Waals surface area contributed by atoms with E-state index in [2.05, 4.69) is 20.7 Å². The number of hydrogen-bond acceptors (Lipinski definition) is 7. The fraction of sp³-hybridized carbons (Fsp3) is 0.125. The molecule has 0 unspecified atom stereocenters. The minimum atomic E-state index is -0.0176. The van der Waals surface area contributed by atoms with Crippen molar-refractivity contribution in [1.82, 2.24) is 20.2 Å². The van der Waals surface area contributed by atoms with Crippen LogP contribution >= 0.6 is 0 Å². The first-order valence-electron chi connectivity index (χ1n) is 7.32. The molecule has 9 heteroatoms. The Bertz CT molecular complexity index is 862. The predicted molar refractivity (Wildman–Crippen MR) is 89.0 cm³/mol. The van der Waals surface area contributed by atoms with Gasteiger partial charge in [-0.15, -0.1) is 5.10 Å². The van der Waals surface area contributed by atoms with E-state index in [9.17, 15) is 0 Å². The van der Waals surface area contributed by atoms with Crippen LogP contribution in [0.25, 0.3) is 5.69 Å². The molecule has 0 spiro atoms. The number of amidine groups is 1. The largest absolute Gasteiger partial charge is 0.497 e. The number of rotatable bonds is 6. The number of nitrogens with two attached hydrogens (primary N) is 1. The topological polar surface area (TPSA) is 121 Å². The zero-order chi connectivity index (χ0) is 17.6. The minimum absolute atomic E-state index is 0.0176. The van der Waals surface area contributed by atoms with E-state index in [1.165, 1.54) is 11.0 Å². The molecule has 0 saturated carbocycles. The molecular weight excluding hydrogens is 324 g/mol. The normalized spacial score (nSPS) is 11.3. The molecule has 2 aromatic carbocycles. The number of aromatic nitrogens is 4. The Labute approximate surface area is 143 Å². The third-order valence-corrected chi connectivity index (χ3v) is 3.51. The van der Waals surface area contributed by atoms with Crippen molar-refractivity contribution in [3.63, 3.8) is 0 Å². The maximum absolute atomic E-state index is 8.85. The van der Waals surface area contributed by atoms with Gasteiger partial charge in [0.05, 0.1) is 7.11 Å². The minimum Gasteiger partial charge on any atom is -0.497 e. The summed E-state index contributed by atoms with van der Waals surface area (Å²) in [7, 11) is 1.62. The second-order valence-electron chi connectivity index (χ2n) is 5.06. The van der Waals surface area contributed by atoms with Crippen LogP contribution in [0.2, 0.25) is 0 Å². The highest BCUT2D eigenvalue weighted by molar-refractivity contribution is 5.97. The molecule has 0 amide bonds. The molecule has 128 valence electrons. The third kappa shape index (κ3) is 3.66. The molecule has 0 saturated heterocycles. The van der Waals surface area contributed by atoms with Crippen molar-refractivity contribution >= 4 is 5.84 Å². The summed E-state index contributed by atoms with van der Waals surface area (Å²) in [5.74, 6) is 1.31. The van der Waals surface area contributed by atoms with Crippen LogP contribution in [0.1, 0.15) is 11.1 Å². The molecule has 3 aromatic rings. The van der Waals surface area contributed by atoms with Crippen LogP contribution < -0.4 is 15.2 Å². The van der Waals surface area contributed by atoms with Crippen LogP contribution in [0, 0.1) is 0 Å². The van der Waals surface area contributed by atoms with Crippen LogP contribution in [0.5, 0.6) is 11.5 Å². The molecule has 0 aliphatic rings. The lowest BCUT2D eigenvalue weighted by Gasteiger charge is -2.12. The Morgan fingerprint density at radius 3 is 2.68 bits per heavy atom. The highest BCUT2D eigenvalue weighted by atomic mass is 16.5. The van der Waals surface area contributed by atoms with Gasteiger partial charge in [0.2, 0.25) is 0 Å². The van der Waals surface area contributed by atoms with Crippen molar-refractivity contribution < 1.29 is 14.7 Å². The molecule has 25 heavy (non-hydrogen) atoms. The fourth-order valence-corrected chi connectivity index (χ4v) is 2.19. The van der Waals surface area contributed by atoms with Gasteiger partial charge in [-0.2, -0.15) is 4.68 Å². The summed E-state index contributed by atoms with van der Waals surface area (Å²) >= 11 is 0. The molecule has 0 aliphatic heterocycles. The fourth-order valence-electron chi connectivity index (χ4n) is 2.19.